The van der Waals surface area contributed by atoms with E-state index in [-0.39, 0.29) is 5.75 Å². The second kappa shape index (κ2) is 5.46. The Labute approximate surface area is 148 Å². The van der Waals surface area contributed by atoms with Crippen LogP contribution in [0.3, 0.4) is 0 Å². The summed E-state index contributed by atoms with van der Waals surface area (Å²) < 4.78 is 11.8. The molecule has 5 nitrogen and oxygen atoms in total. The summed E-state index contributed by atoms with van der Waals surface area (Å²) in [5, 5.41) is 10.1. The molecule has 0 atom stereocenters. The maximum Gasteiger partial charge on any atom is 0.231 e. The van der Waals surface area contributed by atoms with Gasteiger partial charge >= 0.3 is 0 Å². The second-order valence-corrected chi connectivity index (χ2v) is 6.13. The summed E-state index contributed by atoms with van der Waals surface area (Å²) in [6.45, 7) is 2.00. The summed E-state index contributed by atoms with van der Waals surface area (Å²) in [5.74, 6) is 0.980. The molecule has 3 aromatic carbocycles. The zero-order valence-electron chi connectivity index (χ0n) is 13.9. The van der Waals surface area contributed by atoms with Crippen molar-refractivity contribution in [1.82, 2.24) is 9.97 Å². The van der Waals surface area contributed by atoms with Crippen molar-refractivity contribution in [1.29, 1.82) is 0 Å². The number of hydrogen-bond donors (Lipinski definition) is 1. The van der Waals surface area contributed by atoms with E-state index in [0.29, 0.717) is 28.4 Å². The molecule has 0 saturated carbocycles. The number of aryl methyl sites for hydroxylation is 1. The van der Waals surface area contributed by atoms with Crippen LogP contribution in [0.25, 0.3) is 45.1 Å². The molecule has 0 bridgehead atoms. The van der Waals surface area contributed by atoms with E-state index in [0.717, 1.165) is 22.2 Å². The molecular weight excluding hydrogens is 328 g/mol. The molecular formula is C21H14N2O3. The lowest BCUT2D eigenvalue weighted by atomic mass is 10.2. The van der Waals surface area contributed by atoms with Gasteiger partial charge in [-0.1, -0.05) is 30.3 Å². The standard InChI is InChI=1S/C21H14N2O3/c1-12-6-4-10-16-18(12)22-21(25-16)14-8-5-11-17-19(14)23-20(26-17)13-7-2-3-9-15(13)24/h2-11,24H,1H3. The predicted octanol–water partition coefficient (Wildman–Crippen LogP) is 5.32. The molecule has 0 fully saturated rings. The number of rotatable bonds is 2. The summed E-state index contributed by atoms with van der Waals surface area (Å²) in [5.41, 5.74) is 5.19. The number of para-hydroxylation sites is 3. The van der Waals surface area contributed by atoms with Crippen LogP contribution in [0.2, 0.25) is 0 Å². The van der Waals surface area contributed by atoms with Gasteiger partial charge in [0.25, 0.3) is 0 Å². The Balaban J connectivity index is 1.73. The fourth-order valence-corrected chi connectivity index (χ4v) is 3.09. The van der Waals surface area contributed by atoms with Crippen LogP contribution in [-0.4, -0.2) is 15.1 Å². The molecule has 0 unspecified atom stereocenters. The van der Waals surface area contributed by atoms with Gasteiger partial charge in [0.2, 0.25) is 11.8 Å². The SMILES string of the molecule is Cc1cccc2oc(-c3cccc4oc(-c5ccccc5O)nc34)nc12. The lowest BCUT2D eigenvalue weighted by molar-refractivity contribution is 0.474. The Bertz CT molecular complexity index is 1270. The Kier molecular flexibility index (Phi) is 3.09. The van der Waals surface area contributed by atoms with Crippen molar-refractivity contribution in [3.8, 4) is 28.7 Å². The van der Waals surface area contributed by atoms with E-state index < -0.39 is 0 Å². The molecule has 0 spiro atoms. The maximum absolute atomic E-state index is 10.1. The minimum absolute atomic E-state index is 0.123. The molecule has 0 aliphatic carbocycles. The molecule has 1 N–H and O–H groups in total. The molecule has 26 heavy (non-hydrogen) atoms. The van der Waals surface area contributed by atoms with Gasteiger partial charge in [0.1, 0.15) is 16.8 Å². The Morgan fingerprint density at radius 2 is 1.31 bits per heavy atom. The zero-order chi connectivity index (χ0) is 17.7. The van der Waals surface area contributed by atoms with Gasteiger partial charge in [-0.15, -0.1) is 0 Å². The molecule has 0 saturated heterocycles. The Morgan fingerprint density at radius 3 is 2.08 bits per heavy atom. The lowest BCUT2D eigenvalue weighted by Crippen LogP contribution is -1.82. The molecule has 2 heterocycles. The Morgan fingerprint density at radius 1 is 0.692 bits per heavy atom. The first-order valence-corrected chi connectivity index (χ1v) is 8.25. The third-order valence-electron chi connectivity index (χ3n) is 4.40. The van der Waals surface area contributed by atoms with Crippen molar-refractivity contribution in [3.05, 3.63) is 66.2 Å². The van der Waals surface area contributed by atoms with Crippen LogP contribution in [0.5, 0.6) is 5.75 Å². The number of oxazole rings is 2. The number of aromatic nitrogens is 2. The van der Waals surface area contributed by atoms with Crippen molar-refractivity contribution >= 4 is 22.2 Å². The smallest absolute Gasteiger partial charge is 0.231 e. The molecule has 5 heteroatoms. The van der Waals surface area contributed by atoms with E-state index in [1.54, 1.807) is 18.2 Å². The van der Waals surface area contributed by atoms with E-state index in [4.69, 9.17) is 8.83 Å². The van der Waals surface area contributed by atoms with Gasteiger partial charge in [0.05, 0.1) is 11.1 Å². The number of phenols is 1. The normalized spacial score (nSPS) is 11.4. The summed E-state index contributed by atoms with van der Waals surface area (Å²) in [7, 11) is 0. The van der Waals surface area contributed by atoms with Crippen LogP contribution < -0.4 is 0 Å². The van der Waals surface area contributed by atoms with Crippen LogP contribution in [0.15, 0.2) is 69.5 Å². The summed E-state index contributed by atoms with van der Waals surface area (Å²) in [6, 6.07) is 18.4. The number of phenolic OH excluding ortho intramolecular Hbond substituents is 1. The highest BCUT2D eigenvalue weighted by Gasteiger charge is 2.18. The fraction of sp³-hybridized carbons (Fsp3) is 0.0476. The maximum atomic E-state index is 10.1. The van der Waals surface area contributed by atoms with Crippen LogP contribution in [0.1, 0.15) is 5.56 Å². The fourth-order valence-electron chi connectivity index (χ4n) is 3.09. The topological polar surface area (TPSA) is 72.3 Å². The molecule has 126 valence electrons. The molecule has 2 aromatic heterocycles. The number of aromatic hydroxyl groups is 1. The number of nitrogens with zero attached hydrogens (tertiary/aromatic N) is 2. The van der Waals surface area contributed by atoms with Gasteiger partial charge in [0, 0.05) is 0 Å². The number of benzene rings is 3. The first-order chi connectivity index (χ1) is 12.7. The van der Waals surface area contributed by atoms with Gasteiger partial charge in [-0.05, 0) is 42.8 Å². The van der Waals surface area contributed by atoms with E-state index in [1.807, 2.05) is 49.4 Å². The van der Waals surface area contributed by atoms with Crippen molar-refractivity contribution in [2.75, 3.05) is 0 Å². The van der Waals surface area contributed by atoms with Crippen LogP contribution in [0, 0.1) is 6.92 Å². The molecule has 0 aliphatic heterocycles. The van der Waals surface area contributed by atoms with Crippen molar-refractivity contribution in [3.63, 3.8) is 0 Å². The van der Waals surface area contributed by atoms with Crippen molar-refractivity contribution in [2.45, 2.75) is 6.92 Å². The van der Waals surface area contributed by atoms with Crippen molar-refractivity contribution < 1.29 is 13.9 Å². The van der Waals surface area contributed by atoms with E-state index in [2.05, 4.69) is 9.97 Å². The van der Waals surface area contributed by atoms with E-state index in [9.17, 15) is 5.11 Å². The lowest BCUT2D eigenvalue weighted by Gasteiger charge is -1.97. The molecule has 5 aromatic rings. The highest BCUT2D eigenvalue weighted by molar-refractivity contribution is 5.91. The van der Waals surface area contributed by atoms with Crippen LogP contribution in [-0.2, 0) is 0 Å². The van der Waals surface area contributed by atoms with E-state index >= 15 is 0 Å². The van der Waals surface area contributed by atoms with Gasteiger partial charge in [-0.2, -0.15) is 0 Å². The quantitative estimate of drug-likeness (QED) is 0.470. The largest absolute Gasteiger partial charge is 0.507 e. The molecule has 5 rings (SSSR count). The first-order valence-electron chi connectivity index (χ1n) is 8.25. The molecule has 0 amide bonds. The Hall–Kier alpha value is -3.60. The van der Waals surface area contributed by atoms with Crippen LogP contribution in [0.4, 0.5) is 0 Å². The number of fused-ring (bicyclic) bond motifs is 2. The molecule has 0 aliphatic rings. The second-order valence-electron chi connectivity index (χ2n) is 6.13. The average molecular weight is 342 g/mol. The van der Waals surface area contributed by atoms with Gasteiger partial charge in [-0.25, -0.2) is 9.97 Å². The minimum Gasteiger partial charge on any atom is -0.507 e. The van der Waals surface area contributed by atoms with Gasteiger partial charge < -0.3 is 13.9 Å². The predicted molar refractivity (Wildman–Crippen MR) is 98.8 cm³/mol. The highest BCUT2D eigenvalue weighted by atomic mass is 16.4. The first kappa shape index (κ1) is 14.7. The van der Waals surface area contributed by atoms with Gasteiger partial charge in [-0.3, -0.25) is 0 Å². The third kappa shape index (κ3) is 2.18. The highest BCUT2D eigenvalue weighted by Crippen LogP contribution is 2.35. The third-order valence-corrected chi connectivity index (χ3v) is 4.40. The summed E-state index contributed by atoms with van der Waals surface area (Å²) in [4.78, 5) is 9.22. The van der Waals surface area contributed by atoms with Crippen molar-refractivity contribution in [2.24, 2.45) is 0 Å². The van der Waals surface area contributed by atoms with Gasteiger partial charge in [0.15, 0.2) is 11.2 Å². The summed E-state index contributed by atoms with van der Waals surface area (Å²) >= 11 is 0. The zero-order valence-corrected chi connectivity index (χ0v) is 13.9. The van der Waals surface area contributed by atoms with E-state index in [1.165, 1.54) is 0 Å². The average Bonchev–Trinajstić information content (AvgIpc) is 3.26. The summed E-state index contributed by atoms with van der Waals surface area (Å²) in [6.07, 6.45) is 0. The van der Waals surface area contributed by atoms with Crippen LogP contribution >= 0.6 is 0 Å². The monoisotopic (exact) mass is 342 g/mol. The number of hydrogen-bond acceptors (Lipinski definition) is 5. The molecule has 0 radical (unpaired) electrons. The minimum atomic E-state index is 0.123.